The maximum atomic E-state index is 5.68. The first-order valence-corrected chi connectivity index (χ1v) is 5.31. The number of ether oxygens (including phenoxy) is 1. The van der Waals surface area contributed by atoms with E-state index in [1.165, 1.54) is 5.56 Å². The fourth-order valence-electron chi connectivity index (χ4n) is 1.09. The van der Waals surface area contributed by atoms with Gasteiger partial charge in [-0.25, -0.2) is 0 Å². The zero-order valence-electron chi connectivity index (χ0n) is 7.12. The second-order valence-corrected chi connectivity index (χ2v) is 4.17. The second kappa shape index (κ2) is 3.40. The van der Waals surface area contributed by atoms with Gasteiger partial charge in [0.15, 0.2) is 0 Å². The molecule has 0 aromatic heterocycles. The molecule has 64 valence electrons. The minimum atomic E-state index is 0.456. The Hall–Kier alpha value is -0.630. The quantitative estimate of drug-likeness (QED) is 0.691. The van der Waals surface area contributed by atoms with E-state index in [1.807, 2.05) is 23.9 Å². The van der Waals surface area contributed by atoms with E-state index in [1.54, 1.807) is 0 Å². The van der Waals surface area contributed by atoms with E-state index in [-0.39, 0.29) is 0 Å². The highest BCUT2D eigenvalue weighted by atomic mass is 32.2. The largest absolute Gasteiger partial charge is 0.489 e. The van der Waals surface area contributed by atoms with Gasteiger partial charge in [-0.05, 0) is 19.1 Å². The predicted molar refractivity (Wildman–Crippen MR) is 52.9 cm³/mol. The van der Waals surface area contributed by atoms with Gasteiger partial charge in [0.25, 0.3) is 0 Å². The van der Waals surface area contributed by atoms with E-state index in [4.69, 9.17) is 4.74 Å². The minimum Gasteiger partial charge on any atom is -0.489 e. The molecule has 1 aliphatic heterocycles. The first-order valence-electron chi connectivity index (χ1n) is 4.16. The molecule has 2 heteroatoms. The van der Waals surface area contributed by atoms with Crippen LogP contribution in [-0.2, 0) is 0 Å². The third kappa shape index (κ3) is 1.75. The maximum absolute atomic E-state index is 5.68. The molecule has 0 spiro atoms. The molecule has 12 heavy (non-hydrogen) atoms. The second-order valence-electron chi connectivity index (χ2n) is 3.09. The van der Waals surface area contributed by atoms with Crippen molar-refractivity contribution in [2.24, 2.45) is 0 Å². The number of rotatable bonds is 2. The Balaban J connectivity index is 1.98. The summed E-state index contributed by atoms with van der Waals surface area (Å²) in [4.78, 5) is 0. The van der Waals surface area contributed by atoms with Gasteiger partial charge in [-0.1, -0.05) is 17.7 Å². The molecule has 0 bridgehead atoms. The smallest absolute Gasteiger partial charge is 0.119 e. The van der Waals surface area contributed by atoms with Gasteiger partial charge in [0.2, 0.25) is 0 Å². The van der Waals surface area contributed by atoms with Gasteiger partial charge in [-0.2, -0.15) is 11.8 Å². The summed E-state index contributed by atoms with van der Waals surface area (Å²) in [7, 11) is 0. The lowest BCUT2D eigenvalue weighted by Gasteiger charge is -2.25. The third-order valence-electron chi connectivity index (χ3n) is 1.93. The van der Waals surface area contributed by atoms with Gasteiger partial charge < -0.3 is 4.74 Å². The fourth-order valence-corrected chi connectivity index (χ4v) is 1.66. The summed E-state index contributed by atoms with van der Waals surface area (Å²) in [6, 6.07) is 8.25. The minimum absolute atomic E-state index is 0.456. The van der Waals surface area contributed by atoms with Crippen molar-refractivity contribution in [1.82, 2.24) is 0 Å². The molecule has 1 aromatic carbocycles. The third-order valence-corrected chi connectivity index (χ3v) is 3.15. The van der Waals surface area contributed by atoms with E-state index < -0.39 is 0 Å². The molecule has 0 saturated carbocycles. The fraction of sp³-hybridized carbons (Fsp3) is 0.400. The Kier molecular flexibility index (Phi) is 2.26. The molecule has 1 nitrogen and oxygen atoms in total. The molecule has 0 atom stereocenters. The van der Waals surface area contributed by atoms with Crippen LogP contribution in [0.5, 0.6) is 5.75 Å². The number of thioether (sulfide) groups is 1. The van der Waals surface area contributed by atoms with Crippen LogP contribution in [0.2, 0.25) is 0 Å². The van der Waals surface area contributed by atoms with Crippen molar-refractivity contribution in [3.63, 3.8) is 0 Å². The molecule has 0 amide bonds. The predicted octanol–water partition coefficient (Wildman–Crippen LogP) is 2.49. The summed E-state index contributed by atoms with van der Waals surface area (Å²) in [6.45, 7) is 2.09. The van der Waals surface area contributed by atoms with Crippen LogP contribution in [0.3, 0.4) is 0 Å². The normalized spacial score (nSPS) is 17.1. The molecule has 1 aromatic rings. The molecule has 0 radical (unpaired) electrons. The number of hydrogen-bond acceptors (Lipinski definition) is 2. The first-order chi connectivity index (χ1) is 5.84. The molecule has 0 aliphatic carbocycles. The topological polar surface area (TPSA) is 9.23 Å². The van der Waals surface area contributed by atoms with Crippen molar-refractivity contribution in [3.8, 4) is 5.75 Å². The average molecular weight is 180 g/mol. The summed E-state index contributed by atoms with van der Waals surface area (Å²) in [5, 5.41) is 0. The Morgan fingerprint density at radius 2 is 1.92 bits per heavy atom. The Morgan fingerprint density at radius 3 is 2.42 bits per heavy atom. The van der Waals surface area contributed by atoms with E-state index >= 15 is 0 Å². The van der Waals surface area contributed by atoms with E-state index in [0.717, 1.165) is 17.3 Å². The van der Waals surface area contributed by atoms with Crippen LogP contribution in [0.15, 0.2) is 24.3 Å². The van der Waals surface area contributed by atoms with Crippen LogP contribution in [-0.4, -0.2) is 17.6 Å². The van der Waals surface area contributed by atoms with Crippen molar-refractivity contribution in [2.45, 2.75) is 13.0 Å². The van der Waals surface area contributed by atoms with Crippen molar-refractivity contribution in [1.29, 1.82) is 0 Å². The molecule has 1 aliphatic rings. The Morgan fingerprint density at radius 1 is 1.25 bits per heavy atom. The van der Waals surface area contributed by atoms with Crippen molar-refractivity contribution < 1.29 is 4.74 Å². The SMILES string of the molecule is Cc1ccc(OC2CSC2)cc1. The lowest BCUT2D eigenvalue weighted by molar-refractivity contribution is 0.240. The Bertz CT molecular complexity index is 251. The van der Waals surface area contributed by atoms with Gasteiger partial charge in [0.05, 0.1) is 0 Å². The standard InChI is InChI=1S/C10H12OS/c1-8-2-4-9(5-3-8)11-10-6-12-7-10/h2-5,10H,6-7H2,1H3. The zero-order chi connectivity index (χ0) is 8.39. The first kappa shape index (κ1) is 7.99. The van der Waals surface area contributed by atoms with Crippen molar-refractivity contribution in [2.75, 3.05) is 11.5 Å². The number of aryl methyl sites for hydroxylation is 1. The lowest BCUT2D eigenvalue weighted by Crippen LogP contribution is -2.30. The van der Waals surface area contributed by atoms with Crippen molar-refractivity contribution in [3.05, 3.63) is 29.8 Å². The number of benzene rings is 1. The van der Waals surface area contributed by atoms with Crippen LogP contribution in [0.25, 0.3) is 0 Å². The molecular formula is C10H12OS. The molecule has 1 saturated heterocycles. The summed E-state index contributed by atoms with van der Waals surface area (Å²) < 4.78 is 5.68. The van der Waals surface area contributed by atoms with Gasteiger partial charge >= 0.3 is 0 Å². The number of hydrogen-bond donors (Lipinski definition) is 0. The molecule has 0 N–H and O–H groups in total. The monoisotopic (exact) mass is 180 g/mol. The summed E-state index contributed by atoms with van der Waals surface area (Å²) in [5.74, 6) is 3.30. The van der Waals surface area contributed by atoms with Crippen LogP contribution in [0.1, 0.15) is 5.56 Å². The molecule has 1 fully saturated rings. The highest BCUT2D eigenvalue weighted by Crippen LogP contribution is 2.23. The van der Waals surface area contributed by atoms with Crippen molar-refractivity contribution >= 4 is 11.8 Å². The van der Waals surface area contributed by atoms with Gasteiger partial charge in [-0.3, -0.25) is 0 Å². The highest BCUT2D eigenvalue weighted by molar-refractivity contribution is 8.00. The molecule has 1 heterocycles. The van der Waals surface area contributed by atoms with E-state index in [0.29, 0.717) is 6.10 Å². The van der Waals surface area contributed by atoms with E-state index in [9.17, 15) is 0 Å². The van der Waals surface area contributed by atoms with Crippen LogP contribution in [0, 0.1) is 6.92 Å². The maximum Gasteiger partial charge on any atom is 0.119 e. The van der Waals surface area contributed by atoms with Gasteiger partial charge in [-0.15, -0.1) is 0 Å². The molecule has 0 unspecified atom stereocenters. The lowest BCUT2D eigenvalue weighted by atomic mass is 10.2. The highest BCUT2D eigenvalue weighted by Gasteiger charge is 2.19. The van der Waals surface area contributed by atoms with E-state index in [2.05, 4.69) is 19.1 Å². The van der Waals surface area contributed by atoms with Crippen LogP contribution in [0.4, 0.5) is 0 Å². The molecular weight excluding hydrogens is 168 g/mol. The van der Waals surface area contributed by atoms with Crippen LogP contribution >= 0.6 is 11.8 Å². The Labute approximate surface area is 77.1 Å². The molecule has 2 rings (SSSR count). The van der Waals surface area contributed by atoms with Gasteiger partial charge in [0, 0.05) is 11.5 Å². The van der Waals surface area contributed by atoms with Crippen LogP contribution < -0.4 is 4.74 Å². The summed E-state index contributed by atoms with van der Waals surface area (Å²) in [5.41, 5.74) is 1.28. The zero-order valence-corrected chi connectivity index (χ0v) is 7.93. The summed E-state index contributed by atoms with van der Waals surface area (Å²) in [6.07, 6.45) is 0.456. The average Bonchev–Trinajstić information content (AvgIpc) is 2.00. The van der Waals surface area contributed by atoms with Gasteiger partial charge in [0.1, 0.15) is 11.9 Å². The summed E-state index contributed by atoms with van der Waals surface area (Å²) >= 11 is 1.94.